The van der Waals surface area contributed by atoms with Crippen LogP contribution in [0.2, 0.25) is 0 Å². The first-order valence-electron chi connectivity index (χ1n) is 9.25. The van der Waals surface area contributed by atoms with Gasteiger partial charge in [-0.05, 0) is 43.5 Å². The van der Waals surface area contributed by atoms with Crippen LogP contribution in [0.25, 0.3) is 0 Å². The van der Waals surface area contributed by atoms with E-state index in [0.29, 0.717) is 5.69 Å². The number of carbonyl (C=O) groups excluding carboxylic acids is 3. The van der Waals surface area contributed by atoms with Gasteiger partial charge in [-0.15, -0.1) is 0 Å². The third kappa shape index (κ3) is 4.22. The van der Waals surface area contributed by atoms with Gasteiger partial charge >= 0.3 is 5.97 Å². The summed E-state index contributed by atoms with van der Waals surface area (Å²) in [5.41, 5.74) is 4.42. The lowest BCUT2D eigenvalue weighted by molar-refractivity contribution is -0.151. The highest BCUT2D eigenvalue weighted by Crippen LogP contribution is 2.31. The van der Waals surface area contributed by atoms with Crippen molar-refractivity contribution in [2.45, 2.75) is 27.2 Å². The lowest BCUT2D eigenvalue weighted by Gasteiger charge is -2.21. The van der Waals surface area contributed by atoms with Crippen LogP contribution >= 0.6 is 0 Å². The highest BCUT2D eigenvalue weighted by atomic mass is 16.5. The molecule has 146 valence electrons. The summed E-state index contributed by atoms with van der Waals surface area (Å²) in [6.07, 6.45) is 0.0893. The molecule has 0 radical (unpaired) electrons. The Labute approximate surface area is 164 Å². The third-order valence-electron chi connectivity index (χ3n) is 4.93. The summed E-state index contributed by atoms with van der Waals surface area (Å²) in [6, 6.07) is 13.2. The van der Waals surface area contributed by atoms with E-state index in [1.54, 1.807) is 11.0 Å². The number of esters is 1. The van der Waals surface area contributed by atoms with Gasteiger partial charge in [0.25, 0.3) is 5.91 Å². The molecule has 0 aromatic heterocycles. The molecule has 1 aliphatic rings. The number of carbonyl (C=O) groups is 3. The van der Waals surface area contributed by atoms with Crippen LogP contribution in [0.5, 0.6) is 0 Å². The highest BCUT2D eigenvalue weighted by Gasteiger charge is 2.37. The number of ether oxygens (including phenoxy) is 1. The van der Waals surface area contributed by atoms with Crippen molar-refractivity contribution in [3.05, 3.63) is 59.2 Å². The van der Waals surface area contributed by atoms with Crippen molar-refractivity contribution in [1.29, 1.82) is 0 Å². The van der Waals surface area contributed by atoms with Crippen LogP contribution in [0.4, 0.5) is 11.4 Å². The van der Waals surface area contributed by atoms with Gasteiger partial charge in [-0.2, -0.15) is 0 Å². The molecule has 1 heterocycles. The standard InChI is InChI=1S/C22H24N2O4/c1-14-7-4-5-10-18(14)23-19(25)13-28-22(27)17-11-20(26)24(12-17)21-15(2)8-6-9-16(21)3/h4-10,17H,11-13H2,1-3H3,(H,23,25)/t17-/m0/s1. The molecule has 0 unspecified atom stereocenters. The predicted molar refractivity (Wildman–Crippen MR) is 107 cm³/mol. The van der Waals surface area contributed by atoms with E-state index in [4.69, 9.17) is 4.74 Å². The molecule has 0 spiro atoms. The molecule has 1 saturated heterocycles. The van der Waals surface area contributed by atoms with Gasteiger partial charge < -0.3 is 15.0 Å². The fourth-order valence-electron chi connectivity index (χ4n) is 3.47. The number of para-hydroxylation sites is 2. The molecule has 0 bridgehead atoms. The number of nitrogens with one attached hydrogen (secondary N) is 1. The van der Waals surface area contributed by atoms with Crippen molar-refractivity contribution in [2.24, 2.45) is 5.92 Å². The van der Waals surface area contributed by atoms with Gasteiger partial charge in [0.15, 0.2) is 6.61 Å². The van der Waals surface area contributed by atoms with Crippen molar-refractivity contribution < 1.29 is 19.1 Å². The Morgan fingerprint density at radius 3 is 2.36 bits per heavy atom. The molecule has 2 aromatic rings. The van der Waals surface area contributed by atoms with E-state index in [-0.39, 0.29) is 25.5 Å². The Morgan fingerprint density at radius 2 is 1.68 bits per heavy atom. The topological polar surface area (TPSA) is 75.7 Å². The number of aryl methyl sites for hydroxylation is 3. The zero-order valence-corrected chi connectivity index (χ0v) is 16.3. The SMILES string of the molecule is Cc1ccccc1NC(=O)COC(=O)[C@H]1CC(=O)N(c2c(C)cccc2C)C1. The van der Waals surface area contributed by atoms with Crippen molar-refractivity contribution >= 4 is 29.2 Å². The first-order valence-corrected chi connectivity index (χ1v) is 9.25. The number of anilines is 2. The van der Waals surface area contributed by atoms with Gasteiger partial charge in [0, 0.05) is 24.3 Å². The number of hydrogen-bond donors (Lipinski definition) is 1. The summed E-state index contributed by atoms with van der Waals surface area (Å²) in [5, 5.41) is 2.72. The minimum atomic E-state index is -0.572. The molecule has 3 rings (SSSR count). The summed E-state index contributed by atoms with van der Waals surface area (Å²) >= 11 is 0. The van der Waals surface area contributed by atoms with E-state index in [9.17, 15) is 14.4 Å². The second-order valence-corrected chi connectivity index (χ2v) is 7.12. The molecule has 1 fully saturated rings. The number of benzene rings is 2. The Kier molecular flexibility index (Phi) is 5.78. The van der Waals surface area contributed by atoms with Gasteiger partial charge in [-0.25, -0.2) is 0 Å². The summed E-state index contributed by atoms with van der Waals surface area (Å²) in [4.78, 5) is 38.5. The minimum Gasteiger partial charge on any atom is -0.455 e. The maximum Gasteiger partial charge on any atom is 0.311 e. The van der Waals surface area contributed by atoms with E-state index in [1.807, 2.05) is 57.2 Å². The van der Waals surface area contributed by atoms with Crippen molar-refractivity contribution in [2.75, 3.05) is 23.4 Å². The van der Waals surface area contributed by atoms with Crippen LogP contribution < -0.4 is 10.2 Å². The Bertz CT molecular complexity index is 902. The smallest absolute Gasteiger partial charge is 0.311 e. The van der Waals surface area contributed by atoms with Crippen LogP contribution in [0, 0.1) is 26.7 Å². The molecule has 6 heteroatoms. The van der Waals surface area contributed by atoms with E-state index < -0.39 is 17.8 Å². The highest BCUT2D eigenvalue weighted by molar-refractivity contribution is 6.01. The summed E-state index contributed by atoms with van der Waals surface area (Å²) < 4.78 is 5.16. The average Bonchev–Trinajstić information content (AvgIpc) is 3.03. The van der Waals surface area contributed by atoms with Gasteiger partial charge in [0.2, 0.25) is 5.91 Å². The molecule has 1 aliphatic heterocycles. The van der Waals surface area contributed by atoms with E-state index in [1.165, 1.54) is 0 Å². The normalized spacial score (nSPS) is 16.2. The van der Waals surface area contributed by atoms with Crippen LogP contribution in [-0.2, 0) is 19.1 Å². The summed E-state index contributed by atoms with van der Waals surface area (Å²) in [7, 11) is 0. The molecule has 1 atom stereocenters. The summed E-state index contributed by atoms with van der Waals surface area (Å²) in [6.45, 7) is 5.66. The maximum absolute atomic E-state index is 12.4. The Morgan fingerprint density at radius 1 is 1.04 bits per heavy atom. The quantitative estimate of drug-likeness (QED) is 0.809. The number of hydrogen-bond acceptors (Lipinski definition) is 4. The van der Waals surface area contributed by atoms with Crippen LogP contribution in [-0.4, -0.2) is 30.9 Å². The first kappa shape index (κ1) is 19.6. The van der Waals surface area contributed by atoms with Crippen molar-refractivity contribution in [1.82, 2.24) is 0 Å². The van der Waals surface area contributed by atoms with Gasteiger partial charge in [0.05, 0.1) is 5.92 Å². The van der Waals surface area contributed by atoms with E-state index >= 15 is 0 Å². The second-order valence-electron chi connectivity index (χ2n) is 7.12. The largest absolute Gasteiger partial charge is 0.455 e. The van der Waals surface area contributed by atoms with E-state index in [0.717, 1.165) is 22.4 Å². The minimum absolute atomic E-state index is 0.0893. The number of rotatable bonds is 5. The van der Waals surface area contributed by atoms with Gasteiger partial charge in [-0.1, -0.05) is 36.4 Å². The Hall–Kier alpha value is -3.15. The second kappa shape index (κ2) is 8.25. The zero-order valence-electron chi connectivity index (χ0n) is 16.3. The first-order chi connectivity index (χ1) is 13.4. The summed E-state index contributed by atoms with van der Waals surface area (Å²) in [5.74, 6) is -1.61. The van der Waals surface area contributed by atoms with Crippen LogP contribution in [0.1, 0.15) is 23.1 Å². The van der Waals surface area contributed by atoms with Gasteiger partial charge in [-0.3, -0.25) is 14.4 Å². The average molecular weight is 380 g/mol. The van der Waals surface area contributed by atoms with Gasteiger partial charge in [0.1, 0.15) is 0 Å². The molecule has 0 saturated carbocycles. The maximum atomic E-state index is 12.4. The third-order valence-corrected chi connectivity index (χ3v) is 4.93. The zero-order chi connectivity index (χ0) is 20.3. The molecular formula is C22H24N2O4. The number of nitrogens with zero attached hydrogens (tertiary/aromatic N) is 1. The monoisotopic (exact) mass is 380 g/mol. The lowest BCUT2D eigenvalue weighted by Crippen LogP contribution is -2.29. The molecule has 2 amide bonds. The Balaban J connectivity index is 1.58. The van der Waals surface area contributed by atoms with Crippen molar-refractivity contribution in [3.63, 3.8) is 0 Å². The molecular weight excluding hydrogens is 356 g/mol. The molecule has 2 aromatic carbocycles. The predicted octanol–water partition coefficient (Wildman–Crippen LogP) is 3.15. The van der Waals surface area contributed by atoms with Crippen molar-refractivity contribution in [3.8, 4) is 0 Å². The lowest BCUT2D eigenvalue weighted by atomic mass is 10.1. The van der Waals surface area contributed by atoms with E-state index in [2.05, 4.69) is 5.32 Å². The molecule has 28 heavy (non-hydrogen) atoms. The fourth-order valence-corrected chi connectivity index (χ4v) is 3.47. The van der Waals surface area contributed by atoms with Crippen LogP contribution in [0.3, 0.4) is 0 Å². The fraction of sp³-hybridized carbons (Fsp3) is 0.318. The molecule has 1 N–H and O–H groups in total. The van der Waals surface area contributed by atoms with Crippen LogP contribution in [0.15, 0.2) is 42.5 Å². The molecule has 0 aliphatic carbocycles. The molecule has 6 nitrogen and oxygen atoms in total. The number of amides is 2.